The number of carbonyl (C=O) groups is 2. The highest BCUT2D eigenvalue weighted by atomic mass is 35.5. The average Bonchev–Trinajstić information content (AvgIpc) is 2.44. The van der Waals surface area contributed by atoms with Gasteiger partial charge in [0.25, 0.3) is 5.91 Å². The molecule has 0 bridgehead atoms. The molecule has 0 spiro atoms. The summed E-state index contributed by atoms with van der Waals surface area (Å²) in [5.74, 6) is -0.572. The minimum absolute atomic E-state index is 0.0359. The number of amides is 2. The second kappa shape index (κ2) is 8.00. The largest absolute Gasteiger partial charge is 0.351 e. The summed E-state index contributed by atoms with van der Waals surface area (Å²) in [6.07, 6.45) is 0. The highest BCUT2D eigenvalue weighted by Crippen LogP contribution is 2.10. The number of halogens is 1. The summed E-state index contributed by atoms with van der Waals surface area (Å²) in [5.41, 5.74) is 5.95. The minimum Gasteiger partial charge on any atom is -0.351 e. The van der Waals surface area contributed by atoms with Gasteiger partial charge in [-0.15, -0.1) is 0 Å². The number of hydrogen-bond acceptors (Lipinski definition) is 3. The second-order valence-electron chi connectivity index (χ2n) is 5.35. The van der Waals surface area contributed by atoms with Crippen LogP contribution in [0, 0.1) is 5.92 Å². The van der Waals surface area contributed by atoms with Crippen molar-refractivity contribution in [1.29, 1.82) is 0 Å². The van der Waals surface area contributed by atoms with Crippen LogP contribution in [0.5, 0.6) is 0 Å². The molecule has 0 heterocycles. The molecule has 0 fully saturated rings. The second-order valence-corrected chi connectivity index (χ2v) is 5.78. The third-order valence-electron chi connectivity index (χ3n) is 3.08. The molecule has 1 unspecified atom stereocenters. The van der Waals surface area contributed by atoms with Gasteiger partial charge in [-0.1, -0.05) is 25.4 Å². The van der Waals surface area contributed by atoms with Gasteiger partial charge in [0.15, 0.2) is 0 Å². The lowest BCUT2D eigenvalue weighted by atomic mass is 10.0. The average molecular weight is 312 g/mol. The van der Waals surface area contributed by atoms with Crippen molar-refractivity contribution in [3.8, 4) is 0 Å². The molecule has 1 rings (SSSR count). The molecule has 0 saturated carbocycles. The normalized spacial score (nSPS) is 13.6. The Labute approximate surface area is 130 Å². The van der Waals surface area contributed by atoms with Crippen LogP contribution in [0.4, 0.5) is 0 Å². The van der Waals surface area contributed by atoms with Crippen LogP contribution in [-0.4, -0.2) is 30.4 Å². The van der Waals surface area contributed by atoms with E-state index in [1.54, 1.807) is 24.3 Å². The number of hydrogen-bond donors (Lipinski definition) is 3. The number of nitrogens with two attached hydrogens (primary N) is 1. The number of rotatable bonds is 6. The molecule has 0 saturated heterocycles. The van der Waals surface area contributed by atoms with Gasteiger partial charge >= 0.3 is 0 Å². The quantitative estimate of drug-likeness (QED) is 0.745. The van der Waals surface area contributed by atoms with E-state index in [-0.39, 0.29) is 23.8 Å². The number of carbonyl (C=O) groups excluding carboxylic acids is 2. The Balaban J connectivity index is 2.76. The van der Waals surface area contributed by atoms with Crippen LogP contribution < -0.4 is 16.4 Å². The van der Waals surface area contributed by atoms with Crippen molar-refractivity contribution in [2.75, 3.05) is 6.54 Å². The van der Waals surface area contributed by atoms with Gasteiger partial charge in [0.05, 0.1) is 0 Å². The molecular formula is C15H22ClN3O2. The number of benzene rings is 1. The van der Waals surface area contributed by atoms with Gasteiger partial charge in [0, 0.05) is 23.2 Å². The Kier molecular flexibility index (Phi) is 6.65. The predicted molar refractivity (Wildman–Crippen MR) is 84.2 cm³/mol. The Morgan fingerprint density at radius 2 is 1.71 bits per heavy atom. The fraction of sp³-hybridized carbons (Fsp3) is 0.467. The maximum absolute atomic E-state index is 12.2. The maximum atomic E-state index is 12.2. The van der Waals surface area contributed by atoms with E-state index >= 15 is 0 Å². The van der Waals surface area contributed by atoms with Crippen LogP contribution >= 0.6 is 11.6 Å². The molecular weight excluding hydrogens is 290 g/mol. The number of nitrogens with one attached hydrogen (secondary N) is 2. The third kappa shape index (κ3) is 5.36. The van der Waals surface area contributed by atoms with Gasteiger partial charge < -0.3 is 16.4 Å². The fourth-order valence-corrected chi connectivity index (χ4v) is 1.88. The van der Waals surface area contributed by atoms with E-state index in [0.29, 0.717) is 17.1 Å². The van der Waals surface area contributed by atoms with Crippen molar-refractivity contribution in [2.45, 2.75) is 32.9 Å². The van der Waals surface area contributed by atoms with Crippen LogP contribution in [-0.2, 0) is 4.79 Å². The van der Waals surface area contributed by atoms with Gasteiger partial charge in [0.1, 0.15) is 6.04 Å². The van der Waals surface area contributed by atoms with Gasteiger partial charge in [-0.3, -0.25) is 9.59 Å². The summed E-state index contributed by atoms with van der Waals surface area (Å²) in [7, 11) is 0. The van der Waals surface area contributed by atoms with Crippen LogP contribution in [0.25, 0.3) is 0 Å². The Morgan fingerprint density at radius 3 is 2.19 bits per heavy atom. The smallest absolute Gasteiger partial charge is 0.251 e. The lowest BCUT2D eigenvalue weighted by Crippen LogP contribution is -2.52. The Bertz CT molecular complexity index is 488. The van der Waals surface area contributed by atoms with Gasteiger partial charge in [0.2, 0.25) is 5.91 Å². The summed E-state index contributed by atoms with van der Waals surface area (Å²) < 4.78 is 0. The summed E-state index contributed by atoms with van der Waals surface area (Å²) in [5, 5.41) is 6.08. The molecule has 1 aromatic carbocycles. The first kappa shape index (κ1) is 17.5. The fourth-order valence-electron chi connectivity index (χ4n) is 1.75. The molecule has 2 atom stereocenters. The lowest BCUT2D eigenvalue weighted by Gasteiger charge is -2.23. The molecule has 0 aliphatic carbocycles. The van der Waals surface area contributed by atoms with E-state index in [1.165, 1.54) is 0 Å². The van der Waals surface area contributed by atoms with Crippen LogP contribution in [0.2, 0.25) is 5.02 Å². The molecule has 2 amide bonds. The van der Waals surface area contributed by atoms with E-state index in [9.17, 15) is 9.59 Å². The Morgan fingerprint density at radius 1 is 1.14 bits per heavy atom. The van der Waals surface area contributed by atoms with E-state index in [2.05, 4.69) is 10.6 Å². The van der Waals surface area contributed by atoms with E-state index in [0.717, 1.165) is 0 Å². The molecule has 0 aliphatic heterocycles. The summed E-state index contributed by atoms with van der Waals surface area (Å²) in [6, 6.07) is 5.77. The van der Waals surface area contributed by atoms with Crippen molar-refractivity contribution >= 4 is 23.4 Å². The third-order valence-corrected chi connectivity index (χ3v) is 3.34. The first-order valence-corrected chi connectivity index (χ1v) is 7.29. The molecule has 0 aromatic heterocycles. The zero-order valence-electron chi connectivity index (χ0n) is 12.5. The van der Waals surface area contributed by atoms with Crippen molar-refractivity contribution < 1.29 is 9.59 Å². The molecule has 0 aliphatic rings. The van der Waals surface area contributed by atoms with Gasteiger partial charge in [-0.25, -0.2) is 0 Å². The minimum atomic E-state index is -0.609. The van der Waals surface area contributed by atoms with Crippen molar-refractivity contribution in [2.24, 2.45) is 11.7 Å². The van der Waals surface area contributed by atoms with Gasteiger partial charge in [-0.2, -0.15) is 0 Å². The molecule has 1 aromatic rings. The highest BCUT2D eigenvalue weighted by molar-refractivity contribution is 6.30. The highest BCUT2D eigenvalue weighted by Gasteiger charge is 2.25. The zero-order valence-corrected chi connectivity index (χ0v) is 13.3. The van der Waals surface area contributed by atoms with E-state index in [4.69, 9.17) is 17.3 Å². The summed E-state index contributed by atoms with van der Waals surface area (Å²) in [4.78, 5) is 24.3. The van der Waals surface area contributed by atoms with Crippen molar-refractivity contribution in [1.82, 2.24) is 10.6 Å². The molecule has 5 nitrogen and oxygen atoms in total. The van der Waals surface area contributed by atoms with Crippen LogP contribution in [0.1, 0.15) is 31.1 Å². The molecule has 6 heteroatoms. The zero-order chi connectivity index (χ0) is 16.0. The van der Waals surface area contributed by atoms with Gasteiger partial charge in [-0.05, 0) is 37.1 Å². The SMILES string of the molecule is CC(C)C(NC(=O)c1ccc(Cl)cc1)C(=O)N[C@@H](C)CN. The van der Waals surface area contributed by atoms with Crippen LogP contribution in [0.3, 0.4) is 0 Å². The standard InChI is InChI=1S/C15H22ClN3O2/c1-9(2)13(15(21)18-10(3)8-17)19-14(20)11-4-6-12(16)7-5-11/h4-7,9-10,13H,8,17H2,1-3H3,(H,18,21)(H,19,20)/t10-,13?/m0/s1. The Hall–Kier alpha value is -1.59. The van der Waals surface area contributed by atoms with Crippen molar-refractivity contribution in [3.63, 3.8) is 0 Å². The summed E-state index contributed by atoms with van der Waals surface area (Å²) >= 11 is 5.79. The molecule has 21 heavy (non-hydrogen) atoms. The summed E-state index contributed by atoms with van der Waals surface area (Å²) in [6.45, 7) is 5.91. The monoisotopic (exact) mass is 311 g/mol. The topological polar surface area (TPSA) is 84.2 Å². The van der Waals surface area contributed by atoms with E-state index < -0.39 is 6.04 Å². The maximum Gasteiger partial charge on any atom is 0.251 e. The van der Waals surface area contributed by atoms with Crippen molar-refractivity contribution in [3.05, 3.63) is 34.9 Å². The first-order chi connectivity index (χ1) is 9.85. The molecule has 0 radical (unpaired) electrons. The molecule has 116 valence electrons. The lowest BCUT2D eigenvalue weighted by molar-refractivity contribution is -0.124. The van der Waals surface area contributed by atoms with Crippen LogP contribution in [0.15, 0.2) is 24.3 Å². The van der Waals surface area contributed by atoms with E-state index in [1.807, 2.05) is 20.8 Å². The predicted octanol–water partition coefficient (Wildman–Crippen LogP) is 1.56. The molecule has 4 N–H and O–H groups in total. The first-order valence-electron chi connectivity index (χ1n) is 6.92.